The third-order valence-electron chi connectivity index (χ3n) is 3.07. The Kier molecular flexibility index (Phi) is 3.92. The van der Waals surface area contributed by atoms with Crippen LogP contribution in [0.4, 0.5) is 8.78 Å². The molecule has 0 bridgehead atoms. The molecule has 2 N–H and O–H groups in total. The molecule has 1 aliphatic rings. The van der Waals surface area contributed by atoms with Crippen molar-refractivity contribution in [3.63, 3.8) is 0 Å². The zero-order valence-corrected chi connectivity index (χ0v) is 10.8. The molecule has 0 spiro atoms. The predicted octanol–water partition coefficient (Wildman–Crippen LogP) is 1.28. The van der Waals surface area contributed by atoms with Gasteiger partial charge in [-0.25, -0.2) is 13.6 Å². The third-order valence-corrected chi connectivity index (χ3v) is 3.38. The summed E-state index contributed by atoms with van der Waals surface area (Å²) in [7, 11) is 0. The highest BCUT2D eigenvalue weighted by Gasteiger charge is 2.39. The van der Waals surface area contributed by atoms with Crippen LogP contribution in [0.15, 0.2) is 12.1 Å². The molecule has 1 aliphatic heterocycles. The summed E-state index contributed by atoms with van der Waals surface area (Å²) < 4.78 is 26.1. The number of hydrogen-bond donors (Lipinski definition) is 2. The first kappa shape index (κ1) is 14.7. The number of halogens is 3. The van der Waals surface area contributed by atoms with Gasteiger partial charge in [-0.3, -0.25) is 4.79 Å². The zero-order chi connectivity index (χ0) is 15.0. The lowest BCUT2D eigenvalue weighted by Crippen LogP contribution is -2.40. The van der Waals surface area contributed by atoms with E-state index in [-0.39, 0.29) is 23.6 Å². The second-order valence-electron chi connectivity index (χ2n) is 4.45. The minimum atomic E-state index is -1.28. The van der Waals surface area contributed by atoms with Gasteiger partial charge in [-0.2, -0.15) is 0 Å². The summed E-state index contributed by atoms with van der Waals surface area (Å²) in [6, 6.07) is 0.0393. The van der Waals surface area contributed by atoms with Crippen LogP contribution in [0.3, 0.4) is 0 Å². The van der Waals surface area contributed by atoms with Gasteiger partial charge in [0.1, 0.15) is 6.04 Å². The van der Waals surface area contributed by atoms with Crippen LogP contribution in [0.2, 0.25) is 5.02 Å². The second kappa shape index (κ2) is 5.34. The molecule has 0 saturated carbocycles. The van der Waals surface area contributed by atoms with Gasteiger partial charge in [0.05, 0.1) is 16.7 Å². The maximum atomic E-state index is 13.2. The minimum Gasteiger partial charge on any atom is -0.480 e. The SMILES string of the molecule is O=C(O)[C@@H]1CC(O)CN1C(=O)c1cc(F)c(F)cc1Cl. The number of nitrogens with zero attached hydrogens (tertiary/aromatic N) is 1. The number of carbonyl (C=O) groups excluding carboxylic acids is 1. The Balaban J connectivity index is 2.36. The van der Waals surface area contributed by atoms with Crippen molar-refractivity contribution in [2.24, 2.45) is 0 Å². The average molecular weight is 306 g/mol. The molecule has 1 aromatic rings. The molecule has 1 unspecified atom stereocenters. The number of carbonyl (C=O) groups is 2. The van der Waals surface area contributed by atoms with E-state index in [1.54, 1.807) is 0 Å². The van der Waals surface area contributed by atoms with Gasteiger partial charge in [0.15, 0.2) is 11.6 Å². The van der Waals surface area contributed by atoms with E-state index < -0.39 is 35.7 Å². The molecule has 20 heavy (non-hydrogen) atoms. The maximum Gasteiger partial charge on any atom is 0.326 e. The number of likely N-dealkylation sites (tertiary alicyclic amines) is 1. The molecular formula is C12H10ClF2NO4. The molecule has 108 valence electrons. The van der Waals surface area contributed by atoms with Crippen LogP contribution in [0.5, 0.6) is 0 Å². The fourth-order valence-electron chi connectivity index (χ4n) is 2.11. The number of amides is 1. The summed E-state index contributed by atoms with van der Waals surface area (Å²) in [6.45, 7) is -0.203. The first-order valence-corrected chi connectivity index (χ1v) is 6.05. The Labute approximate surface area is 117 Å². The normalized spacial score (nSPS) is 22.1. The van der Waals surface area contributed by atoms with Gasteiger partial charge in [-0.1, -0.05) is 11.6 Å². The van der Waals surface area contributed by atoms with Crippen LogP contribution in [-0.4, -0.2) is 45.7 Å². The van der Waals surface area contributed by atoms with Gasteiger partial charge in [-0.05, 0) is 12.1 Å². The van der Waals surface area contributed by atoms with Gasteiger partial charge in [0.25, 0.3) is 5.91 Å². The zero-order valence-electron chi connectivity index (χ0n) is 10.0. The van der Waals surface area contributed by atoms with E-state index in [0.29, 0.717) is 12.1 Å². The monoisotopic (exact) mass is 305 g/mol. The molecule has 8 heteroatoms. The van der Waals surface area contributed by atoms with E-state index in [2.05, 4.69) is 0 Å². The molecule has 0 aliphatic carbocycles. The Morgan fingerprint density at radius 1 is 1.30 bits per heavy atom. The summed E-state index contributed by atoms with van der Waals surface area (Å²) in [4.78, 5) is 24.1. The molecule has 1 amide bonds. The highest BCUT2D eigenvalue weighted by Crippen LogP contribution is 2.26. The number of hydrogen-bond acceptors (Lipinski definition) is 3. The number of β-amino-alcohol motifs (C(OH)–C–C–N with tert-alkyl or cyclic N) is 1. The van der Waals surface area contributed by atoms with Gasteiger partial charge in [0, 0.05) is 13.0 Å². The number of aliphatic hydroxyl groups excluding tert-OH is 1. The molecule has 0 aromatic heterocycles. The van der Waals surface area contributed by atoms with E-state index in [9.17, 15) is 23.5 Å². The average Bonchev–Trinajstić information content (AvgIpc) is 2.75. The van der Waals surface area contributed by atoms with Crippen LogP contribution in [-0.2, 0) is 4.79 Å². The Morgan fingerprint density at radius 2 is 1.90 bits per heavy atom. The van der Waals surface area contributed by atoms with E-state index in [1.165, 1.54) is 0 Å². The first-order chi connectivity index (χ1) is 9.31. The molecule has 1 saturated heterocycles. The van der Waals surface area contributed by atoms with Crippen molar-refractivity contribution in [3.8, 4) is 0 Å². The molecular weight excluding hydrogens is 296 g/mol. The van der Waals surface area contributed by atoms with E-state index >= 15 is 0 Å². The van der Waals surface area contributed by atoms with Crippen LogP contribution in [0.25, 0.3) is 0 Å². The molecule has 1 heterocycles. The third kappa shape index (κ3) is 2.59. The van der Waals surface area contributed by atoms with Crippen LogP contribution >= 0.6 is 11.6 Å². The number of benzene rings is 1. The van der Waals surface area contributed by atoms with Crippen molar-refractivity contribution < 1.29 is 28.6 Å². The fourth-order valence-corrected chi connectivity index (χ4v) is 2.34. The maximum absolute atomic E-state index is 13.2. The van der Waals surface area contributed by atoms with E-state index in [4.69, 9.17) is 16.7 Å². The highest BCUT2D eigenvalue weighted by molar-refractivity contribution is 6.33. The summed E-state index contributed by atoms with van der Waals surface area (Å²) in [6.07, 6.45) is -1.10. The summed E-state index contributed by atoms with van der Waals surface area (Å²) in [5.74, 6) is -4.61. The lowest BCUT2D eigenvalue weighted by atomic mass is 10.1. The Bertz CT molecular complexity index is 581. The Morgan fingerprint density at radius 3 is 2.50 bits per heavy atom. The van der Waals surface area contributed by atoms with Crippen LogP contribution in [0, 0.1) is 11.6 Å². The quantitative estimate of drug-likeness (QED) is 0.807. The van der Waals surface area contributed by atoms with Crippen molar-refractivity contribution >= 4 is 23.5 Å². The molecule has 2 rings (SSSR count). The number of aliphatic hydroxyl groups is 1. The number of rotatable bonds is 2. The Hall–Kier alpha value is -1.73. The van der Waals surface area contributed by atoms with E-state index in [0.717, 1.165) is 4.90 Å². The topological polar surface area (TPSA) is 77.8 Å². The second-order valence-corrected chi connectivity index (χ2v) is 4.85. The first-order valence-electron chi connectivity index (χ1n) is 5.67. The smallest absolute Gasteiger partial charge is 0.326 e. The molecule has 1 fully saturated rings. The highest BCUT2D eigenvalue weighted by atomic mass is 35.5. The fraction of sp³-hybridized carbons (Fsp3) is 0.333. The van der Waals surface area contributed by atoms with Crippen molar-refractivity contribution in [2.45, 2.75) is 18.6 Å². The largest absolute Gasteiger partial charge is 0.480 e. The van der Waals surface area contributed by atoms with Crippen molar-refractivity contribution in [1.29, 1.82) is 0 Å². The lowest BCUT2D eigenvalue weighted by Gasteiger charge is -2.21. The number of carboxylic acid groups (broad SMARTS) is 1. The predicted molar refractivity (Wildman–Crippen MR) is 64.5 cm³/mol. The van der Waals surface area contributed by atoms with Gasteiger partial charge in [0.2, 0.25) is 0 Å². The summed E-state index contributed by atoms with van der Waals surface area (Å²) >= 11 is 5.67. The van der Waals surface area contributed by atoms with Gasteiger partial charge >= 0.3 is 5.97 Å². The van der Waals surface area contributed by atoms with Crippen molar-refractivity contribution in [1.82, 2.24) is 4.90 Å². The number of aliphatic carboxylic acids is 1. The van der Waals surface area contributed by atoms with Crippen molar-refractivity contribution in [2.75, 3.05) is 6.54 Å². The summed E-state index contributed by atoms with van der Waals surface area (Å²) in [5.41, 5.74) is -0.342. The lowest BCUT2D eigenvalue weighted by molar-refractivity contribution is -0.141. The van der Waals surface area contributed by atoms with Crippen LogP contribution in [0.1, 0.15) is 16.8 Å². The summed E-state index contributed by atoms with van der Waals surface area (Å²) in [5, 5.41) is 18.1. The minimum absolute atomic E-state index is 0.123. The molecule has 1 aromatic carbocycles. The molecule has 5 nitrogen and oxygen atoms in total. The van der Waals surface area contributed by atoms with Crippen molar-refractivity contribution in [3.05, 3.63) is 34.4 Å². The molecule has 0 radical (unpaired) electrons. The number of carboxylic acids is 1. The standard InChI is InChI=1S/C12H10ClF2NO4/c13-7-3-9(15)8(14)2-6(7)11(18)16-4-5(17)1-10(16)12(19)20/h2-3,5,10,17H,1,4H2,(H,19,20)/t5?,10-/m0/s1. The van der Waals surface area contributed by atoms with E-state index in [1.807, 2.05) is 0 Å². The van der Waals surface area contributed by atoms with Gasteiger partial charge < -0.3 is 15.1 Å². The molecule has 2 atom stereocenters. The van der Waals surface area contributed by atoms with Gasteiger partial charge in [-0.15, -0.1) is 0 Å². The van der Waals surface area contributed by atoms with Crippen LogP contribution < -0.4 is 0 Å².